The zero-order valence-corrected chi connectivity index (χ0v) is 17.6. The van der Waals surface area contributed by atoms with Gasteiger partial charge in [0, 0.05) is 11.1 Å². The lowest BCUT2D eigenvalue weighted by molar-refractivity contribution is 0.426. The van der Waals surface area contributed by atoms with E-state index in [2.05, 4.69) is 0 Å². The van der Waals surface area contributed by atoms with Crippen molar-refractivity contribution in [3.63, 3.8) is 0 Å². The number of halogens is 4. The quantitative estimate of drug-likeness (QED) is 0.159. The summed E-state index contributed by atoms with van der Waals surface area (Å²) in [6.45, 7) is 0.882. The predicted octanol–water partition coefficient (Wildman–Crippen LogP) is 5.50. The molecule has 3 aromatic carbocycles. The fourth-order valence-corrected chi connectivity index (χ4v) is 4.05. The largest absolute Gasteiger partial charge is 0.206 e. The first-order chi connectivity index (χ1) is 16.7. The van der Waals surface area contributed by atoms with Gasteiger partial charge in [0.15, 0.2) is 17.5 Å². The Labute approximate surface area is 195 Å². The second-order valence-electron chi connectivity index (χ2n) is 7.45. The molecule has 1 aliphatic carbocycles. The first-order valence-electron chi connectivity index (χ1n) is 9.68. The molecule has 5 nitrogen and oxygen atoms in total. The SMILES string of the molecule is Cc1c(F)c(F)c(F)c(C(C#N)=C2c3cc(C#N)c(C#N)cc3-c3cc(C#N)c(C#N)cc32)c1F. The summed E-state index contributed by atoms with van der Waals surface area (Å²) in [6.07, 6.45) is 0. The highest BCUT2D eigenvalue weighted by Crippen LogP contribution is 2.49. The lowest BCUT2D eigenvalue weighted by atomic mass is 9.90. The second kappa shape index (κ2) is 8.17. The Kier molecular flexibility index (Phi) is 5.31. The van der Waals surface area contributed by atoms with Crippen LogP contribution in [0, 0.1) is 86.8 Å². The van der Waals surface area contributed by atoms with Crippen molar-refractivity contribution in [2.24, 2.45) is 0 Å². The standard InChI is InChI=1S/C26H7F4N5/c1-11-23(27)22(25(29)26(30)24(11)28)20(10-35)21-18-4-14(8-33)12(6-31)2-16(18)17-3-13(7-32)15(9-34)5-19(17)21/h2-5H,1H3. The van der Waals surface area contributed by atoms with E-state index in [1.165, 1.54) is 24.3 Å². The number of fused-ring (bicyclic) bond motifs is 3. The van der Waals surface area contributed by atoms with Crippen LogP contribution in [0.5, 0.6) is 0 Å². The van der Waals surface area contributed by atoms with Crippen LogP contribution >= 0.6 is 0 Å². The summed E-state index contributed by atoms with van der Waals surface area (Å²) in [5.74, 6) is -7.13. The smallest absolute Gasteiger partial charge is 0.195 e. The van der Waals surface area contributed by atoms with Gasteiger partial charge < -0.3 is 0 Å². The maximum absolute atomic E-state index is 15.1. The number of benzene rings is 3. The summed E-state index contributed by atoms with van der Waals surface area (Å²) in [7, 11) is 0. The number of nitriles is 5. The Morgan fingerprint density at radius 1 is 0.571 bits per heavy atom. The van der Waals surface area contributed by atoms with E-state index >= 15 is 4.39 Å². The van der Waals surface area contributed by atoms with Crippen LogP contribution in [0.3, 0.4) is 0 Å². The maximum atomic E-state index is 15.1. The van der Waals surface area contributed by atoms with Crippen LogP contribution in [0.15, 0.2) is 24.3 Å². The van der Waals surface area contributed by atoms with Gasteiger partial charge in [-0.1, -0.05) is 0 Å². The third kappa shape index (κ3) is 3.11. The van der Waals surface area contributed by atoms with Crippen molar-refractivity contribution >= 4 is 11.1 Å². The topological polar surface area (TPSA) is 119 Å². The van der Waals surface area contributed by atoms with Gasteiger partial charge in [-0.05, 0) is 53.4 Å². The molecule has 0 saturated heterocycles. The molecule has 0 heterocycles. The molecule has 4 rings (SSSR count). The van der Waals surface area contributed by atoms with Gasteiger partial charge in [-0.25, -0.2) is 17.6 Å². The van der Waals surface area contributed by atoms with Gasteiger partial charge in [-0.3, -0.25) is 0 Å². The highest BCUT2D eigenvalue weighted by molar-refractivity contribution is 6.14. The Morgan fingerprint density at radius 2 is 0.971 bits per heavy atom. The fraction of sp³-hybridized carbons (Fsp3) is 0.0385. The van der Waals surface area contributed by atoms with Gasteiger partial charge in [0.25, 0.3) is 0 Å². The van der Waals surface area contributed by atoms with Crippen molar-refractivity contribution in [2.75, 3.05) is 0 Å². The summed E-state index contributed by atoms with van der Waals surface area (Å²) in [4.78, 5) is 0. The molecule has 164 valence electrons. The Bertz CT molecular complexity index is 1640. The molecule has 0 radical (unpaired) electrons. The van der Waals surface area contributed by atoms with Crippen LogP contribution in [0.4, 0.5) is 17.6 Å². The Morgan fingerprint density at radius 3 is 1.34 bits per heavy atom. The molecule has 0 N–H and O–H groups in total. The number of allylic oxidation sites excluding steroid dienone is 1. The molecule has 0 amide bonds. The molecule has 0 atom stereocenters. The summed E-state index contributed by atoms with van der Waals surface area (Å²) < 4.78 is 58.1. The van der Waals surface area contributed by atoms with Gasteiger partial charge in [-0.2, -0.15) is 26.3 Å². The van der Waals surface area contributed by atoms with Crippen molar-refractivity contribution in [3.05, 3.63) is 92.0 Å². The van der Waals surface area contributed by atoms with E-state index in [0.717, 1.165) is 6.92 Å². The van der Waals surface area contributed by atoms with Gasteiger partial charge >= 0.3 is 0 Å². The molecular weight excluding hydrogens is 458 g/mol. The molecule has 0 spiro atoms. The molecule has 0 fully saturated rings. The molecule has 9 heteroatoms. The summed E-state index contributed by atoms with van der Waals surface area (Å²) in [6, 6.07) is 14.1. The van der Waals surface area contributed by atoms with Crippen molar-refractivity contribution < 1.29 is 17.6 Å². The first-order valence-corrected chi connectivity index (χ1v) is 9.68. The minimum absolute atomic E-state index is 0.0409. The fourth-order valence-electron chi connectivity index (χ4n) is 4.05. The summed E-state index contributed by atoms with van der Waals surface area (Å²) >= 11 is 0. The Balaban J connectivity index is 2.28. The normalized spacial score (nSPS) is 10.8. The summed E-state index contributed by atoms with van der Waals surface area (Å²) in [5, 5.41) is 47.8. The minimum Gasteiger partial charge on any atom is -0.206 e. The van der Waals surface area contributed by atoms with Gasteiger partial charge in [0.05, 0.1) is 33.4 Å². The van der Waals surface area contributed by atoms with Crippen LogP contribution in [0.25, 0.3) is 22.3 Å². The molecule has 0 unspecified atom stereocenters. The van der Waals surface area contributed by atoms with Gasteiger partial charge in [0.2, 0.25) is 0 Å². The number of hydrogen-bond acceptors (Lipinski definition) is 5. The van der Waals surface area contributed by atoms with Crippen LogP contribution in [0.2, 0.25) is 0 Å². The van der Waals surface area contributed by atoms with Crippen LogP contribution in [-0.4, -0.2) is 0 Å². The van der Waals surface area contributed by atoms with Crippen molar-refractivity contribution in [3.8, 4) is 41.5 Å². The third-order valence-electron chi connectivity index (χ3n) is 5.72. The van der Waals surface area contributed by atoms with Gasteiger partial charge in [0.1, 0.15) is 36.2 Å². The van der Waals surface area contributed by atoms with E-state index in [1.807, 2.05) is 24.3 Å². The van der Waals surface area contributed by atoms with Crippen LogP contribution in [-0.2, 0) is 0 Å². The predicted molar refractivity (Wildman–Crippen MR) is 113 cm³/mol. The highest BCUT2D eigenvalue weighted by Gasteiger charge is 2.33. The Hall–Kier alpha value is -5.43. The lowest BCUT2D eigenvalue weighted by Gasteiger charge is -2.13. The molecule has 35 heavy (non-hydrogen) atoms. The molecule has 1 aliphatic rings. The average Bonchev–Trinajstić information content (AvgIpc) is 3.18. The maximum Gasteiger partial charge on any atom is 0.195 e. The molecule has 3 aromatic rings. The van der Waals surface area contributed by atoms with Crippen molar-refractivity contribution in [1.29, 1.82) is 26.3 Å². The minimum atomic E-state index is -1.97. The van der Waals surface area contributed by atoms with Gasteiger partial charge in [-0.15, -0.1) is 0 Å². The molecule has 0 aromatic heterocycles. The zero-order valence-electron chi connectivity index (χ0n) is 17.6. The zero-order chi connectivity index (χ0) is 25.6. The van der Waals surface area contributed by atoms with E-state index in [0.29, 0.717) is 0 Å². The number of rotatable bonds is 1. The van der Waals surface area contributed by atoms with Crippen molar-refractivity contribution in [2.45, 2.75) is 6.92 Å². The molecule has 0 saturated carbocycles. The van der Waals surface area contributed by atoms with E-state index in [1.54, 1.807) is 6.07 Å². The third-order valence-corrected chi connectivity index (χ3v) is 5.72. The molecular formula is C26H7F4N5. The monoisotopic (exact) mass is 465 g/mol. The number of hydrogen-bond donors (Lipinski definition) is 0. The van der Waals surface area contributed by atoms with Crippen LogP contribution < -0.4 is 0 Å². The number of nitrogens with zero attached hydrogens (tertiary/aromatic N) is 5. The highest BCUT2D eigenvalue weighted by atomic mass is 19.2. The lowest BCUT2D eigenvalue weighted by Crippen LogP contribution is -2.06. The molecule has 0 aliphatic heterocycles. The van der Waals surface area contributed by atoms with E-state index in [9.17, 15) is 39.5 Å². The van der Waals surface area contributed by atoms with Crippen molar-refractivity contribution in [1.82, 2.24) is 0 Å². The molecule has 0 bridgehead atoms. The van der Waals surface area contributed by atoms with E-state index in [4.69, 9.17) is 0 Å². The summed E-state index contributed by atoms with van der Waals surface area (Å²) in [5.41, 5.74) is -2.48. The second-order valence-corrected chi connectivity index (χ2v) is 7.45. The van der Waals surface area contributed by atoms with E-state index < -0.39 is 40.0 Å². The average molecular weight is 465 g/mol. The van der Waals surface area contributed by atoms with Crippen LogP contribution in [0.1, 0.15) is 44.5 Å². The van der Waals surface area contributed by atoms with E-state index in [-0.39, 0.29) is 50.1 Å². The first kappa shape index (κ1) is 22.8.